The minimum atomic E-state index is 0.440. The average molecular weight is 186 g/mol. The predicted octanol–water partition coefficient (Wildman–Crippen LogP) is 1.04. The lowest BCUT2D eigenvalue weighted by Gasteiger charge is -1.99. The topological polar surface area (TPSA) is 64.7 Å². The highest BCUT2D eigenvalue weighted by molar-refractivity contribution is 5.24. The third-order valence-electron chi connectivity index (χ3n) is 1.81. The van der Waals surface area contributed by atoms with Gasteiger partial charge in [-0.2, -0.15) is 0 Å². The molecule has 0 spiro atoms. The second-order valence-corrected chi connectivity index (χ2v) is 2.93. The SMILES string of the molecule is Nc1cnc(Cc2ccccn2)cn1. The number of hydrogen-bond acceptors (Lipinski definition) is 4. The monoisotopic (exact) mass is 186 g/mol. The lowest BCUT2D eigenvalue weighted by molar-refractivity contribution is 0.990. The van der Waals surface area contributed by atoms with Crippen molar-refractivity contribution in [2.75, 3.05) is 5.73 Å². The predicted molar refractivity (Wildman–Crippen MR) is 53.5 cm³/mol. The summed E-state index contributed by atoms with van der Waals surface area (Å²) in [6.45, 7) is 0. The van der Waals surface area contributed by atoms with Gasteiger partial charge < -0.3 is 5.73 Å². The quantitative estimate of drug-likeness (QED) is 0.761. The lowest BCUT2D eigenvalue weighted by atomic mass is 10.2. The molecule has 0 saturated carbocycles. The van der Waals surface area contributed by atoms with Gasteiger partial charge in [0.1, 0.15) is 5.82 Å². The van der Waals surface area contributed by atoms with Crippen LogP contribution >= 0.6 is 0 Å². The van der Waals surface area contributed by atoms with Gasteiger partial charge in [-0.05, 0) is 12.1 Å². The van der Waals surface area contributed by atoms with Crippen molar-refractivity contribution in [2.24, 2.45) is 0 Å². The van der Waals surface area contributed by atoms with Crippen molar-refractivity contribution in [1.82, 2.24) is 15.0 Å². The number of nitrogens with two attached hydrogens (primary N) is 1. The van der Waals surface area contributed by atoms with E-state index in [1.165, 1.54) is 0 Å². The van der Waals surface area contributed by atoms with Gasteiger partial charge in [-0.1, -0.05) is 6.07 Å². The Bertz CT molecular complexity index is 396. The summed E-state index contributed by atoms with van der Waals surface area (Å²) in [5.74, 6) is 0.440. The fraction of sp³-hybridized carbons (Fsp3) is 0.100. The Morgan fingerprint density at radius 3 is 2.57 bits per heavy atom. The molecule has 0 aliphatic rings. The van der Waals surface area contributed by atoms with Gasteiger partial charge in [-0.3, -0.25) is 9.97 Å². The maximum absolute atomic E-state index is 5.43. The molecule has 0 radical (unpaired) electrons. The van der Waals surface area contributed by atoms with Crippen molar-refractivity contribution in [1.29, 1.82) is 0 Å². The van der Waals surface area contributed by atoms with Crippen LogP contribution in [0.15, 0.2) is 36.8 Å². The number of aromatic nitrogens is 3. The van der Waals surface area contributed by atoms with E-state index >= 15 is 0 Å². The smallest absolute Gasteiger partial charge is 0.141 e. The first-order valence-corrected chi connectivity index (χ1v) is 4.31. The van der Waals surface area contributed by atoms with Crippen LogP contribution < -0.4 is 5.73 Å². The molecule has 0 unspecified atom stereocenters. The molecule has 2 N–H and O–H groups in total. The first-order chi connectivity index (χ1) is 6.84. The molecule has 0 saturated heterocycles. The molecular weight excluding hydrogens is 176 g/mol. The molecule has 0 fully saturated rings. The summed E-state index contributed by atoms with van der Waals surface area (Å²) in [7, 11) is 0. The summed E-state index contributed by atoms with van der Waals surface area (Å²) >= 11 is 0. The molecule has 14 heavy (non-hydrogen) atoms. The normalized spacial score (nSPS) is 10.0. The van der Waals surface area contributed by atoms with Gasteiger partial charge in [0.25, 0.3) is 0 Å². The maximum atomic E-state index is 5.43. The summed E-state index contributed by atoms with van der Waals surface area (Å²) in [6.07, 6.45) is 5.68. The third-order valence-corrected chi connectivity index (χ3v) is 1.81. The Labute approximate surface area is 81.9 Å². The lowest BCUT2D eigenvalue weighted by Crippen LogP contribution is -1.97. The number of hydrogen-bond donors (Lipinski definition) is 1. The Morgan fingerprint density at radius 1 is 1.00 bits per heavy atom. The van der Waals surface area contributed by atoms with E-state index in [2.05, 4.69) is 15.0 Å². The molecule has 70 valence electrons. The molecule has 2 aromatic rings. The molecule has 0 amide bonds. The second kappa shape index (κ2) is 3.83. The van der Waals surface area contributed by atoms with Crippen LogP contribution in [-0.4, -0.2) is 15.0 Å². The highest BCUT2D eigenvalue weighted by Crippen LogP contribution is 2.03. The average Bonchev–Trinajstić information content (AvgIpc) is 2.23. The minimum absolute atomic E-state index is 0.440. The highest BCUT2D eigenvalue weighted by atomic mass is 14.9. The number of pyridine rings is 1. The molecule has 0 atom stereocenters. The van der Waals surface area contributed by atoms with Gasteiger partial charge in [0.15, 0.2) is 0 Å². The standard InChI is InChI=1S/C10H10N4/c11-10-7-13-9(6-14-10)5-8-3-1-2-4-12-8/h1-4,6-7H,5H2,(H2,11,14). The summed E-state index contributed by atoms with van der Waals surface area (Å²) in [6, 6.07) is 5.79. The molecule has 2 aromatic heterocycles. The van der Waals surface area contributed by atoms with Crippen molar-refractivity contribution >= 4 is 5.82 Å². The van der Waals surface area contributed by atoms with Crippen LogP contribution in [0.1, 0.15) is 11.4 Å². The van der Waals surface area contributed by atoms with Crippen molar-refractivity contribution in [3.63, 3.8) is 0 Å². The number of rotatable bonds is 2. The van der Waals surface area contributed by atoms with E-state index in [0.29, 0.717) is 12.2 Å². The van der Waals surface area contributed by atoms with Crippen LogP contribution in [0, 0.1) is 0 Å². The molecule has 0 aromatic carbocycles. The molecular formula is C10H10N4. The van der Waals surface area contributed by atoms with Crippen molar-refractivity contribution in [3.05, 3.63) is 48.2 Å². The van der Waals surface area contributed by atoms with Gasteiger partial charge >= 0.3 is 0 Å². The summed E-state index contributed by atoms with van der Waals surface area (Å²) in [5, 5.41) is 0. The van der Waals surface area contributed by atoms with Crippen LogP contribution in [0.2, 0.25) is 0 Å². The molecule has 2 rings (SSSR count). The molecule has 4 heteroatoms. The van der Waals surface area contributed by atoms with E-state index in [1.807, 2.05) is 18.2 Å². The van der Waals surface area contributed by atoms with Crippen LogP contribution in [0.25, 0.3) is 0 Å². The van der Waals surface area contributed by atoms with Gasteiger partial charge in [0.2, 0.25) is 0 Å². The Hall–Kier alpha value is -1.97. The molecule has 0 aliphatic carbocycles. The second-order valence-electron chi connectivity index (χ2n) is 2.93. The van der Waals surface area contributed by atoms with E-state index in [4.69, 9.17) is 5.73 Å². The van der Waals surface area contributed by atoms with Gasteiger partial charge in [-0.25, -0.2) is 4.98 Å². The molecule has 0 aliphatic heterocycles. The first kappa shape index (κ1) is 8.62. The van der Waals surface area contributed by atoms with Crippen molar-refractivity contribution in [2.45, 2.75) is 6.42 Å². The van der Waals surface area contributed by atoms with Crippen LogP contribution in [0.4, 0.5) is 5.82 Å². The van der Waals surface area contributed by atoms with E-state index in [9.17, 15) is 0 Å². The molecule has 4 nitrogen and oxygen atoms in total. The van der Waals surface area contributed by atoms with E-state index < -0.39 is 0 Å². The highest BCUT2D eigenvalue weighted by Gasteiger charge is 1.98. The largest absolute Gasteiger partial charge is 0.382 e. The first-order valence-electron chi connectivity index (χ1n) is 4.31. The van der Waals surface area contributed by atoms with Crippen LogP contribution in [0.3, 0.4) is 0 Å². The minimum Gasteiger partial charge on any atom is -0.382 e. The summed E-state index contributed by atoms with van der Waals surface area (Å²) < 4.78 is 0. The zero-order chi connectivity index (χ0) is 9.80. The van der Waals surface area contributed by atoms with E-state index in [-0.39, 0.29) is 0 Å². The summed E-state index contributed by atoms with van der Waals surface area (Å²) in [5.41, 5.74) is 7.28. The van der Waals surface area contributed by atoms with Crippen LogP contribution in [0.5, 0.6) is 0 Å². The Morgan fingerprint density at radius 2 is 1.93 bits per heavy atom. The Balaban J connectivity index is 2.16. The zero-order valence-electron chi connectivity index (χ0n) is 7.59. The van der Waals surface area contributed by atoms with Gasteiger partial charge in [0.05, 0.1) is 18.1 Å². The number of nitrogen functional groups attached to an aromatic ring is 1. The van der Waals surface area contributed by atoms with Crippen molar-refractivity contribution in [3.8, 4) is 0 Å². The number of nitrogens with zero attached hydrogens (tertiary/aromatic N) is 3. The van der Waals surface area contributed by atoms with E-state index in [1.54, 1.807) is 18.6 Å². The summed E-state index contributed by atoms with van der Waals surface area (Å²) in [4.78, 5) is 12.3. The number of anilines is 1. The van der Waals surface area contributed by atoms with Crippen molar-refractivity contribution < 1.29 is 0 Å². The van der Waals surface area contributed by atoms with Crippen LogP contribution in [-0.2, 0) is 6.42 Å². The fourth-order valence-electron chi connectivity index (χ4n) is 1.14. The van der Waals surface area contributed by atoms with Gasteiger partial charge in [-0.15, -0.1) is 0 Å². The molecule has 0 bridgehead atoms. The maximum Gasteiger partial charge on any atom is 0.141 e. The third kappa shape index (κ3) is 2.04. The molecule has 2 heterocycles. The fourth-order valence-corrected chi connectivity index (χ4v) is 1.14. The van der Waals surface area contributed by atoms with Gasteiger partial charge in [0, 0.05) is 18.3 Å². The van der Waals surface area contributed by atoms with E-state index in [0.717, 1.165) is 11.4 Å². The Kier molecular flexibility index (Phi) is 2.36. The zero-order valence-corrected chi connectivity index (χ0v) is 7.59.